The van der Waals surface area contributed by atoms with Gasteiger partial charge in [0.25, 0.3) is 0 Å². The zero-order chi connectivity index (χ0) is 26.2. The Morgan fingerprint density at radius 2 is 1.38 bits per heavy atom. The van der Waals surface area contributed by atoms with Crippen molar-refractivity contribution in [3.63, 3.8) is 0 Å². The SMILES string of the molecule is C=CC1CCC(c2ccc(-c3ccc(-c4ccc(CCCCCCCC)c(F)c4F)cc3)cc2F)CC1. The van der Waals surface area contributed by atoms with Gasteiger partial charge in [-0.1, -0.05) is 93.6 Å². The monoisotopic (exact) mass is 504 g/mol. The van der Waals surface area contributed by atoms with Crippen LogP contribution in [0.2, 0.25) is 0 Å². The molecule has 1 fully saturated rings. The summed E-state index contributed by atoms with van der Waals surface area (Å²) in [6.07, 6.45) is 13.4. The zero-order valence-corrected chi connectivity index (χ0v) is 22.0. The maximum absolute atomic E-state index is 15.0. The zero-order valence-electron chi connectivity index (χ0n) is 22.0. The van der Waals surface area contributed by atoms with Gasteiger partial charge >= 0.3 is 0 Å². The van der Waals surface area contributed by atoms with Crippen molar-refractivity contribution in [2.75, 3.05) is 0 Å². The molecule has 3 aromatic rings. The lowest BCUT2D eigenvalue weighted by Gasteiger charge is -2.27. The van der Waals surface area contributed by atoms with Crippen molar-refractivity contribution in [1.29, 1.82) is 0 Å². The summed E-state index contributed by atoms with van der Waals surface area (Å²) in [5, 5.41) is 0. The third-order valence-corrected chi connectivity index (χ3v) is 8.04. The number of halogens is 3. The molecule has 1 aliphatic carbocycles. The molecule has 0 atom stereocenters. The Bertz CT molecular complexity index is 1170. The molecule has 4 rings (SSSR count). The van der Waals surface area contributed by atoms with E-state index in [4.69, 9.17) is 0 Å². The van der Waals surface area contributed by atoms with Crippen LogP contribution in [-0.4, -0.2) is 0 Å². The summed E-state index contributed by atoms with van der Waals surface area (Å²) >= 11 is 0. The molecule has 0 nitrogen and oxygen atoms in total. The minimum atomic E-state index is -0.794. The number of allylic oxidation sites excluding steroid dienone is 1. The largest absolute Gasteiger partial charge is 0.207 e. The highest BCUT2D eigenvalue weighted by Gasteiger charge is 2.23. The summed E-state index contributed by atoms with van der Waals surface area (Å²) in [4.78, 5) is 0. The van der Waals surface area contributed by atoms with Gasteiger partial charge in [-0.05, 0) is 84.2 Å². The first-order valence-electron chi connectivity index (χ1n) is 14.0. The number of aryl methyl sites for hydroxylation is 1. The summed E-state index contributed by atoms with van der Waals surface area (Å²) in [5.74, 6) is -0.896. The summed E-state index contributed by atoms with van der Waals surface area (Å²) in [7, 11) is 0. The van der Waals surface area contributed by atoms with Crippen molar-refractivity contribution < 1.29 is 13.2 Å². The smallest absolute Gasteiger partial charge is 0.166 e. The second-order valence-electron chi connectivity index (χ2n) is 10.6. The van der Waals surface area contributed by atoms with Gasteiger partial charge in [0.15, 0.2) is 11.6 Å². The van der Waals surface area contributed by atoms with Gasteiger partial charge in [-0.15, -0.1) is 6.58 Å². The van der Waals surface area contributed by atoms with Crippen LogP contribution in [0.4, 0.5) is 13.2 Å². The van der Waals surface area contributed by atoms with E-state index >= 15 is 4.39 Å². The van der Waals surface area contributed by atoms with E-state index < -0.39 is 11.6 Å². The van der Waals surface area contributed by atoms with Gasteiger partial charge in [0.05, 0.1) is 0 Å². The Hall–Kier alpha value is -2.81. The predicted octanol–water partition coefficient (Wildman–Crippen LogP) is 10.8. The molecule has 37 heavy (non-hydrogen) atoms. The van der Waals surface area contributed by atoms with Crippen LogP contribution < -0.4 is 0 Å². The van der Waals surface area contributed by atoms with E-state index in [1.807, 2.05) is 30.3 Å². The topological polar surface area (TPSA) is 0 Å². The van der Waals surface area contributed by atoms with Crippen LogP contribution in [0.25, 0.3) is 22.3 Å². The number of unbranched alkanes of at least 4 members (excludes halogenated alkanes) is 5. The number of rotatable bonds is 11. The molecule has 1 aliphatic rings. The lowest BCUT2D eigenvalue weighted by atomic mass is 9.78. The average molecular weight is 505 g/mol. The Kier molecular flexibility index (Phi) is 9.66. The Morgan fingerprint density at radius 3 is 2.05 bits per heavy atom. The van der Waals surface area contributed by atoms with Crippen molar-refractivity contribution >= 4 is 0 Å². The van der Waals surface area contributed by atoms with Crippen molar-refractivity contribution in [2.24, 2.45) is 5.92 Å². The van der Waals surface area contributed by atoms with Crippen molar-refractivity contribution in [3.8, 4) is 22.3 Å². The first-order valence-corrected chi connectivity index (χ1v) is 14.0. The molecule has 196 valence electrons. The minimum Gasteiger partial charge on any atom is -0.207 e. The van der Waals surface area contributed by atoms with E-state index in [9.17, 15) is 8.78 Å². The summed E-state index contributed by atoms with van der Waals surface area (Å²) in [5.41, 5.74) is 3.75. The maximum atomic E-state index is 15.0. The van der Waals surface area contributed by atoms with E-state index in [0.717, 1.165) is 61.6 Å². The van der Waals surface area contributed by atoms with Crippen LogP contribution in [0, 0.1) is 23.4 Å². The minimum absolute atomic E-state index is 0.169. The quantitative estimate of drug-likeness (QED) is 0.180. The van der Waals surface area contributed by atoms with Crippen LogP contribution >= 0.6 is 0 Å². The van der Waals surface area contributed by atoms with Gasteiger partial charge < -0.3 is 0 Å². The highest BCUT2D eigenvalue weighted by atomic mass is 19.2. The molecule has 0 aromatic heterocycles. The van der Waals surface area contributed by atoms with Crippen LogP contribution in [0.1, 0.15) is 88.2 Å². The summed E-state index contributed by atoms with van der Waals surface area (Å²) in [6, 6.07) is 16.1. The normalized spacial score (nSPS) is 17.6. The standard InChI is InChI=1S/C34H39F3/c1-3-5-6-7-8-9-10-28-19-22-31(34(37)33(28)36)27-17-15-25(16-18-27)29-20-21-30(32(35)23-29)26-13-11-24(4-2)12-14-26/h4,15-24,26H,2-3,5-14H2,1H3. The fraction of sp³-hybridized carbons (Fsp3) is 0.412. The van der Waals surface area contributed by atoms with Crippen LogP contribution in [-0.2, 0) is 6.42 Å². The maximum Gasteiger partial charge on any atom is 0.166 e. The first-order chi connectivity index (χ1) is 18.0. The molecule has 3 aromatic carbocycles. The lowest BCUT2D eigenvalue weighted by molar-refractivity contribution is 0.369. The van der Waals surface area contributed by atoms with E-state index in [2.05, 4.69) is 13.5 Å². The molecule has 0 spiro atoms. The van der Waals surface area contributed by atoms with Crippen molar-refractivity contribution in [1.82, 2.24) is 0 Å². The van der Waals surface area contributed by atoms with Crippen molar-refractivity contribution in [2.45, 2.75) is 83.5 Å². The van der Waals surface area contributed by atoms with Crippen LogP contribution in [0.15, 0.2) is 67.3 Å². The number of hydrogen-bond donors (Lipinski definition) is 0. The molecule has 0 aliphatic heterocycles. The third kappa shape index (κ3) is 6.74. The summed E-state index contributed by atoms with van der Waals surface area (Å²) in [6.45, 7) is 6.07. The Balaban J connectivity index is 1.42. The highest BCUT2D eigenvalue weighted by molar-refractivity contribution is 5.71. The van der Waals surface area contributed by atoms with E-state index in [0.29, 0.717) is 23.5 Å². The highest BCUT2D eigenvalue weighted by Crippen LogP contribution is 2.38. The second kappa shape index (κ2) is 13.1. The van der Waals surface area contributed by atoms with Crippen LogP contribution in [0.5, 0.6) is 0 Å². The van der Waals surface area contributed by atoms with Gasteiger partial charge in [-0.3, -0.25) is 0 Å². The Labute approximate surface area is 220 Å². The fourth-order valence-corrected chi connectivity index (χ4v) is 5.65. The lowest BCUT2D eigenvalue weighted by Crippen LogP contribution is -2.12. The van der Waals surface area contributed by atoms with Gasteiger partial charge in [0, 0.05) is 5.56 Å². The molecular formula is C34H39F3. The molecule has 0 unspecified atom stereocenters. The molecule has 0 amide bonds. The number of hydrogen-bond acceptors (Lipinski definition) is 0. The molecule has 0 N–H and O–H groups in total. The van der Waals surface area contributed by atoms with Gasteiger partial charge in [0.2, 0.25) is 0 Å². The summed E-state index contributed by atoms with van der Waals surface area (Å²) < 4.78 is 44.7. The van der Waals surface area contributed by atoms with Gasteiger partial charge in [-0.25, -0.2) is 13.2 Å². The molecule has 0 heterocycles. The Morgan fingerprint density at radius 1 is 0.730 bits per heavy atom. The van der Waals surface area contributed by atoms with E-state index in [1.54, 1.807) is 30.3 Å². The third-order valence-electron chi connectivity index (χ3n) is 8.04. The fourth-order valence-electron chi connectivity index (χ4n) is 5.65. The van der Waals surface area contributed by atoms with Gasteiger partial charge in [0.1, 0.15) is 5.82 Å². The molecular weight excluding hydrogens is 465 g/mol. The second-order valence-corrected chi connectivity index (χ2v) is 10.6. The van der Waals surface area contributed by atoms with Crippen molar-refractivity contribution in [3.05, 3.63) is 95.8 Å². The molecule has 0 saturated heterocycles. The number of benzene rings is 3. The van der Waals surface area contributed by atoms with Crippen LogP contribution in [0.3, 0.4) is 0 Å². The molecule has 0 bridgehead atoms. The average Bonchev–Trinajstić information content (AvgIpc) is 2.93. The first kappa shape index (κ1) is 27.2. The molecule has 3 heteroatoms. The van der Waals surface area contributed by atoms with Gasteiger partial charge in [-0.2, -0.15) is 0 Å². The van der Waals surface area contributed by atoms with E-state index in [-0.39, 0.29) is 17.3 Å². The molecule has 1 saturated carbocycles. The van der Waals surface area contributed by atoms with E-state index in [1.165, 1.54) is 19.3 Å². The predicted molar refractivity (Wildman–Crippen MR) is 149 cm³/mol. The molecule has 0 radical (unpaired) electrons.